The number of hydrogen-bond acceptors (Lipinski definition) is 3. The first-order chi connectivity index (χ1) is 11.6. The van der Waals surface area contributed by atoms with Crippen LogP contribution in [0.15, 0.2) is 53.5 Å². The van der Waals surface area contributed by atoms with Crippen molar-refractivity contribution in [2.45, 2.75) is 13.1 Å². The first-order valence-electron chi connectivity index (χ1n) is 7.59. The molecule has 0 fully saturated rings. The van der Waals surface area contributed by atoms with Crippen molar-refractivity contribution in [1.82, 2.24) is 10.6 Å². The molecule has 0 unspecified atom stereocenters. The highest BCUT2D eigenvalue weighted by molar-refractivity contribution is 5.92. The van der Waals surface area contributed by atoms with Gasteiger partial charge >= 0.3 is 0 Å². The van der Waals surface area contributed by atoms with Gasteiger partial charge < -0.3 is 21.1 Å². The Bertz CT molecular complexity index is 728. The molecule has 0 aromatic heterocycles. The third kappa shape index (κ3) is 4.74. The zero-order valence-corrected chi connectivity index (χ0v) is 13.9. The predicted octanol–water partition coefficient (Wildman–Crippen LogP) is 1.66. The molecule has 0 aliphatic carbocycles. The zero-order chi connectivity index (χ0) is 17.4. The van der Waals surface area contributed by atoms with Crippen molar-refractivity contribution in [1.29, 1.82) is 0 Å². The van der Waals surface area contributed by atoms with Gasteiger partial charge in [-0.1, -0.05) is 30.3 Å². The van der Waals surface area contributed by atoms with Crippen LogP contribution in [0, 0.1) is 0 Å². The van der Waals surface area contributed by atoms with E-state index in [0.717, 1.165) is 16.9 Å². The average molecular weight is 326 g/mol. The number of amides is 1. The molecule has 0 radical (unpaired) electrons. The molecule has 0 aliphatic rings. The van der Waals surface area contributed by atoms with Gasteiger partial charge in [0, 0.05) is 31.3 Å². The molecule has 2 aromatic carbocycles. The first-order valence-corrected chi connectivity index (χ1v) is 7.59. The summed E-state index contributed by atoms with van der Waals surface area (Å²) in [5, 5.41) is 6.44. The lowest BCUT2D eigenvalue weighted by Crippen LogP contribution is -2.36. The minimum Gasteiger partial charge on any atom is -0.496 e. The monoisotopic (exact) mass is 326 g/mol. The van der Waals surface area contributed by atoms with Gasteiger partial charge in [-0.3, -0.25) is 9.79 Å². The van der Waals surface area contributed by atoms with E-state index in [1.54, 1.807) is 26.3 Å². The van der Waals surface area contributed by atoms with E-state index >= 15 is 0 Å². The average Bonchev–Trinajstić information content (AvgIpc) is 2.62. The molecule has 24 heavy (non-hydrogen) atoms. The second-order valence-corrected chi connectivity index (χ2v) is 5.16. The Kier molecular flexibility index (Phi) is 6.19. The van der Waals surface area contributed by atoms with Crippen LogP contribution in [-0.2, 0) is 13.1 Å². The highest BCUT2D eigenvalue weighted by Crippen LogP contribution is 2.16. The van der Waals surface area contributed by atoms with Crippen LogP contribution in [-0.4, -0.2) is 26.0 Å². The maximum atomic E-state index is 11.2. The van der Waals surface area contributed by atoms with Crippen molar-refractivity contribution in [3.05, 3.63) is 65.2 Å². The molecule has 4 N–H and O–H groups in total. The van der Waals surface area contributed by atoms with Crippen molar-refractivity contribution >= 4 is 11.9 Å². The van der Waals surface area contributed by atoms with Gasteiger partial charge in [-0.15, -0.1) is 0 Å². The molecule has 1 amide bonds. The van der Waals surface area contributed by atoms with Gasteiger partial charge in [0.25, 0.3) is 0 Å². The van der Waals surface area contributed by atoms with E-state index in [2.05, 4.69) is 15.6 Å². The van der Waals surface area contributed by atoms with Gasteiger partial charge in [0.05, 0.1) is 7.11 Å². The highest BCUT2D eigenvalue weighted by Gasteiger charge is 2.05. The number of para-hydroxylation sites is 1. The Hall–Kier alpha value is -3.02. The molecule has 0 spiro atoms. The fourth-order valence-electron chi connectivity index (χ4n) is 2.27. The number of nitrogens with two attached hydrogens (primary N) is 1. The molecule has 0 aliphatic heterocycles. The molecular weight excluding hydrogens is 304 g/mol. The summed E-state index contributed by atoms with van der Waals surface area (Å²) in [6, 6.07) is 15.0. The molecule has 0 bridgehead atoms. The molecular formula is C18H22N4O2. The fraction of sp³-hybridized carbons (Fsp3) is 0.222. The molecule has 2 rings (SSSR count). The van der Waals surface area contributed by atoms with Crippen LogP contribution in [0.1, 0.15) is 21.5 Å². The summed E-state index contributed by atoms with van der Waals surface area (Å²) in [7, 11) is 3.36. The van der Waals surface area contributed by atoms with E-state index in [1.165, 1.54) is 0 Å². The maximum absolute atomic E-state index is 11.2. The number of benzene rings is 2. The summed E-state index contributed by atoms with van der Waals surface area (Å²) in [6.07, 6.45) is 0. The van der Waals surface area contributed by atoms with Crippen molar-refractivity contribution in [3.63, 3.8) is 0 Å². The highest BCUT2D eigenvalue weighted by atomic mass is 16.5. The topological polar surface area (TPSA) is 88.7 Å². The van der Waals surface area contributed by atoms with Crippen molar-refractivity contribution in [2.24, 2.45) is 10.7 Å². The normalized spacial score (nSPS) is 11.0. The maximum Gasteiger partial charge on any atom is 0.248 e. The van der Waals surface area contributed by atoms with Gasteiger partial charge in [-0.25, -0.2) is 0 Å². The van der Waals surface area contributed by atoms with Crippen LogP contribution in [0.25, 0.3) is 0 Å². The second-order valence-electron chi connectivity index (χ2n) is 5.16. The van der Waals surface area contributed by atoms with Crippen LogP contribution in [0.5, 0.6) is 5.75 Å². The zero-order valence-electron chi connectivity index (χ0n) is 13.9. The molecule has 6 heteroatoms. The lowest BCUT2D eigenvalue weighted by molar-refractivity contribution is 0.1000. The molecule has 0 heterocycles. The Balaban J connectivity index is 1.93. The number of methoxy groups -OCH3 is 1. The number of nitrogens with zero attached hydrogens (tertiary/aromatic N) is 1. The summed E-state index contributed by atoms with van der Waals surface area (Å²) in [5.74, 6) is 1.05. The Morgan fingerprint density at radius 3 is 2.58 bits per heavy atom. The Morgan fingerprint density at radius 2 is 1.88 bits per heavy atom. The minimum atomic E-state index is -0.435. The molecule has 0 saturated heterocycles. The number of primary amides is 1. The van der Waals surface area contributed by atoms with Gasteiger partial charge in [0.1, 0.15) is 5.75 Å². The number of guanidine groups is 1. The second kappa shape index (κ2) is 8.57. The van der Waals surface area contributed by atoms with Gasteiger partial charge in [-0.2, -0.15) is 0 Å². The first kappa shape index (κ1) is 17.3. The van der Waals surface area contributed by atoms with Crippen LogP contribution in [0.2, 0.25) is 0 Å². The van der Waals surface area contributed by atoms with E-state index in [4.69, 9.17) is 10.5 Å². The van der Waals surface area contributed by atoms with E-state index in [0.29, 0.717) is 24.6 Å². The van der Waals surface area contributed by atoms with Crippen molar-refractivity contribution in [3.8, 4) is 5.75 Å². The van der Waals surface area contributed by atoms with E-state index in [9.17, 15) is 4.79 Å². The van der Waals surface area contributed by atoms with Crippen LogP contribution < -0.4 is 21.1 Å². The van der Waals surface area contributed by atoms with Crippen LogP contribution in [0.3, 0.4) is 0 Å². The van der Waals surface area contributed by atoms with E-state index in [1.807, 2.05) is 36.4 Å². The van der Waals surface area contributed by atoms with Gasteiger partial charge in [0.15, 0.2) is 5.96 Å². The Morgan fingerprint density at radius 1 is 1.12 bits per heavy atom. The summed E-state index contributed by atoms with van der Waals surface area (Å²) >= 11 is 0. The Labute approximate surface area is 141 Å². The molecule has 126 valence electrons. The summed E-state index contributed by atoms with van der Waals surface area (Å²) in [6.45, 7) is 1.12. The molecule has 2 aromatic rings. The summed E-state index contributed by atoms with van der Waals surface area (Å²) in [5.41, 5.74) is 7.78. The number of carbonyl (C=O) groups excluding carboxylic acids is 1. The minimum absolute atomic E-state index is 0.435. The lowest BCUT2D eigenvalue weighted by atomic mass is 10.1. The molecule has 0 atom stereocenters. The van der Waals surface area contributed by atoms with E-state index < -0.39 is 5.91 Å². The molecule has 0 saturated carbocycles. The van der Waals surface area contributed by atoms with Crippen molar-refractivity contribution in [2.75, 3.05) is 14.2 Å². The molecule has 6 nitrogen and oxygen atoms in total. The smallest absolute Gasteiger partial charge is 0.248 e. The standard InChI is InChI=1S/C18H22N4O2/c1-20-18(22-12-15-7-3-4-9-16(15)24-2)21-11-13-6-5-8-14(10-13)17(19)23/h3-10H,11-12H2,1-2H3,(H2,19,23)(H2,20,21,22). The summed E-state index contributed by atoms with van der Waals surface area (Å²) in [4.78, 5) is 15.4. The predicted molar refractivity (Wildman–Crippen MR) is 95.0 cm³/mol. The summed E-state index contributed by atoms with van der Waals surface area (Å²) < 4.78 is 5.33. The van der Waals surface area contributed by atoms with Gasteiger partial charge in [0.2, 0.25) is 5.91 Å². The number of rotatable bonds is 6. The van der Waals surface area contributed by atoms with Crippen LogP contribution in [0.4, 0.5) is 0 Å². The number of aliphatic imine (C=N–C) groups is 1. The number of nitrogens with one attached hydrogen (secondary N) is 2. The lowest BCUT2D eigenvalue weighted by Gasteiger charge is -2.14. The SMILES string of the molecule is CN=C(NCc1cccc(C(N)=O)c1)NCc1ccccc1OC. The van der Waals surface area contributed by atoms with Crippen LogP contribution >= 0.6 is 0 Å². The third-order valence-corrected chi connectivity index (χ3v) is 3.53. The van der Waals surface area contributed by atoms with Gasteiger partial charge in [-0.05, 0) is 23.8 Å². The quantitative estimate of drug-likeness (QED) is 0.556. The fourth-order valence-corrected chi connectivity index (χ4v) is 2.27. The largest absolute Gasteiger partial charge is 0.496 e. The number of hydrogen-bond donors (Lipinski definition) is 3. The number of ether oxygens (including phenoxy) is 1. The van der Waals surface area contributed by atoms with E-state index in [-0.39, 0.29) is 0 Å². The van der Waals surface area contributed by atoms with Crippen molar-refractivity contribution < 1.29 is 9.53 Å². The number of carbonyl (C=O) groups is 1. The third-order valence-electron chi connectivity index (χ3n) is 3.53.